The maximum Gasteiger partial charge on any atom is 0.123 e. The van der Waals surface area contributed by atoms with E-state index in [4.69, 9.17) is 4.74 Å². The van der Waals surface area contributed by atoms with Crippen molar-refractivity contribution < 1.29 is 9.13 Å². The number of nitrogens with zero attached hydrogens (tertiary/aromatic N) is 1. The maximum absolute atomic E-state index is 13.2. The second-order valence-corrected chi connectivity index (χ2v) is 4.47. The van der Waals surface area contributed by atoms with Crippen LogP contribution in [-0.4, -0.2) is 45.7 Å². The van der Waals surface area contributed by atoms with Crippen LogP contribution in [0.5, 0.6) is 5.75 Å². The molecule has 0 aromatic heterocycles. The molecule has 0 aliphatic rings. The van der Waals surface area contributed by atoms with E-state index >= 15 is 0 Å². The molecule has 102 valence electrons. The summed E-state index contributed by atoms with van der Waals surface area (Å²) in [5.41, 5.74) is 0.929. The minimum Gasteiger partial charge on any atom is -0.496 e. The first-order chi connectivity index (χ1) is 8.67. The van der Waals surface area contributed by atoms with Crippen molar-refractivity contribution in [3.63, 3.8) is 0 Å². The Morgan fingerprint density at radius 2 is 2.11 bits per heavy atom. The number of rotatable bonds is 8. The Labute approximate surface area is 109 Å². The molecule has 0 aliphatic heterocycles. The molecular formula is C14H23FN2O. The van der Waals surface area contributed by atoms with E-state index in [0.29, 0.717) is 0 Å². The van der Waals surface area contributed by atoms with Gasteiger partial charge in [-0.1, -0.05) is 0 Å². The number of hydrogen-bond donors (Lipinski definition) is 1. The molecule has 0 aliphatic carbocycles. The summed E-state index contributed by atoms with van der Waals surface area (Å²) >= 11 is 0. The van der Waals surface area contributed by atoms with E-state index < -0.39 is 0 Å². The van der Waals surface area contributed by atoms with Gasteiger partial charge in [-0.15, -0.1) is 0 Å². The molecule has 0 saturated carbocycles. The van der Waals surface area contributed by atoms with Crippen LogP contribution in [-0.2, 0) is 6.42 Å². The minimum absolute atomic E-state index is 0.205. The Morgan fingerprint density at radius 3 is 2.78 bits per heavy atom. The Bertz CT molecular complexity index is 358. The second-order valence-electron chi connectivity index (χ2n) is 4.47. The molecule has 0 saturated heterocycles. The van der Waals surface area contributed by atoms with Crippen molar-refractivity contribution in [1.82, 2.24) is 10.2 Å². The number of likely N-dealkylation sites (N-methyl/N-ethyl adjacent to an activating group) is 1. The Kier molecular flexibility index (Phi) is 6.68. The number of methoxy groups -OCH3 is 1. The lowest BCUT2D eigenvalue weighted by molar-refractivity contribution is 0.329. The highest BCUT2D eigenvalue weighted by Crippen LogP contribution is 2.19. The van der Waals surface area contributed by atoms with Crippen LogP contribution in [0.4, 0.5) is 4.39 Å². The van der Waals surface area contributed by atoms with Gasteiger partial charge in [0.2, 0.25) is 0 Å². The number of ether oxygens (including phenoxy) is 1. The maximum atomic E-state index is 13.2. The zero-order valence-corrected chi connectivity index (χ0v) is 11.5. The molecule has 1 aromatic rings. The number of halogens is 1. The van der Waals surface area contributed by atoms with E-state index in [0.717, 1.165) is 43.8 Å². The average Bonchev–Trinajstić information content (AvgIpc) is 2.37. The van der Waals surface area contributed by atoms with E-state index in [1.807, 2.05) is 7.05 Å². The van der Waals surface area contributed by atoms with Gasteiger partial charge >= 0.3 is 0 Å². The third-order valence-corrected chi connectivity index (χ3v) is 2.97. The van der Waals surface area contributed by atoms with Crippen LogP contribution in [0.15, 0.2) is 18.2 Å². The van der Waals surface area contributed by atoms with E-state index in [2.05, 4.69) is 17.3 Å². The fourth-order valence-corrected chi connectivity index (χ4v) is 1.89. The lowest BCUT2D eigenvalue weighted by atomic mass is 10.1. The van der Waals surface area contributed by atoms with Crippen LogP contribution >= 0.6 is 0 Å². The lowest BCUT2D eigenvalue weighted by Gasteiger charge is -2.17. The minimum atomic E-state index is -0.205. The first-order valence-electron chi connectivity index (χ1n) is 6.33. The fraction of sp³-hybridized carbons (Fsp3) is 0.571. The van der Waals surface area contributed by atoms with Gasteiger partial charge in [-0.2, -0.15) is 0 Å². The number of hydrogen-bond acceptors (Lipinski definition) is 3. The molecule has 1 rings (SSSR count). The van der Waals surface area contributed by atoms with Gasteiger partial charge in [-0.25, -0.2) is 4.39 Å². The molecule has 0 amide bonds. The number of benzene rings is 1. The molecule has 0 unspecified atom stereocenters. The van der Waals surface area contributed by atoms with Crippen molar-refractivity contribution in [2.75, 3.05) is 40.8 Å². The molecule has 0 heterocycles. The van der Waals surface area contributed by atoms with Crippen molar-refractivity contribution in [2.24, 2.45) is 0 Å². The van der Waals surface area contributed by atoms with Gasteiger partial charge in [0, 0.05) is 6.54 Å². The van der Waals surface area contributed by atoms with Crippen molar-refractivity contribution in [3.05, 3.63) is 29.6 Å². The Morgan fingerprint density at radius 1 is 1.33 bits per heavy atom. The highest BCUT2D eigenvalue weighted by molar-refractivity contribution is 5.34. The van der Waals surface area contributed by atoms with Crippen LogP contribution in [0.1, 0.15) is 12.0 Å². The van der Waals surface area contributed by atoms with Gasteiger partial charge in [-0.05, 0) is 63.8 Å². The summed E-state index contributed by atoms with van der Waals surface area (Å²) in [7, 11) is 5.66. The molecule has 1 N–H and O–H groups in total. The quantitative estimate of drug-likeness (QED) is 0.717. The summed E-state index contributed by atoms with van der Waals surface area (Å²) in [6.45, 7) is 2.97. The van der Waals surface area contributed by atoms with Gasteiger partial charge in [0.15, 0.2) is 0 Å². The van der Waals surface area contributed by atoms with Crippen molar-refractivity contribution in [2.45, 2.75) is 12.8 Å². The van der Waals surface area contributed by atoms with Gasteiger partial charge in [0.05, 0.1) is 7.11 Å². The van der Waals surface area contributed by atoms with Gasteiger partial charge in [-0.3, -0.25) is 0 Å². The van der Waals surface area contributed by atoms with Crippen molar-refractivity contribution in [1.29, 1.82) is 0 Å². The molecule has 0 bridgehead atoms. The summed E-state index contributed by atoms with van der Waals surface area (Å²) in [5.74, 6) is 0.559. The summed E-state index contributed by atoms with van der Waals surface area (Å²) in [5, 5.41) is 3.13. The molecule has 3 nitrogen and oxygen atoms in total. The lowest BCUT2D eigenvalue weighted by Crippen LogP contribution is -2.25. The first kappa shape index (κ1) is 14.9. The van der Waals surface area contributed by atoms with Crippen molar-refractivity contribution >= 4 is 0 Å². The fourth-order valence-electron chi connectivity index (χ4n) is 1.89. The highest BCUT2D eigenvalue weighted by Gasteiger charge is 2.06. The summed E-state index contributed by atoms with van der Waals surface area (Å²) < 4.78 is 18.4. The van der Waals surface area contributed by atoms with Gasteiger partial charge < -0.3 is 15.0 Å². The van der Waals surface area contributed by atoms with Crippen LogP contribution in [0.2, 0.25) is 0 Å². The largest absolute Gasteiger partial charge is 0.496 e. The molecule has 0 atom stereocenters. The highest BCUT2D eigenvalue weighted by atomic mass is 19.1. The molecule has 0 fully saturated rings. The van der Waals surface area contributed by atoms with E-state index in [9.17, 15) is 4.39 Å². The summed E-state index contributed by atoms with van der Waals surface area (Å²) in [6.07, 6.45) is 1.92. The monoisotopic (exact) mass is 254 g/mol. The van der Waals surface area contributed by atoms with Crippen LogP contribution in [0, 0.1) is 5.82 Å². The predicted molar refractivity (Wildman–Crippen MR) is 72.7 cm³/mol. The average molecular weight is 254 g/mol. The third kappa shape index (κ3) is 5.02. The molecular weight excluding hydrogens is 231 g/mol. The summed E-state index contributed by atoms with van der Waals surface area (Å²) in [6, 6.07) is 4.67. The zero-order chi connectivity index (χ0) is 13.4. The van der Waals surface area contributed by atoms with Crippen LogP contribution < -0.4 is 10.1 Å². The Hall–Kier alpha value is -1.13. The molecule has 4 heteroatoms. The zero-order valence-electron chi connectivity index (χ0n) is 11.5. The first-order valence-corrected chi connectivity index (χ1v) is 6.33. The predicted octanol–water partition coefficient (Wildman–Crippen LogP) is 1.92. The molecule has 1 aromatic carbocycles. The van der Waals surface area contributed by atoms with E-state index in [1.165, 1.54) is 6.07 Å². The smallest absolute Gasteiger partial charge is 0.123 e. The molecule has 0 radical (unpaired) electrons. The van der Waals surface area contributed by atoms with Crippen LogP contribution in [0.25, 0.3) is 0 Å². The standard InChI is InChI=1S/C14H23FN2O/c1-16-8-4-9-17(2)10-7-12-11-13(15)5-6-14(12)18-3/h5-6,11,16H,4,7-10H2,1-3H3. The number of nitrogens with one attached hydrogen (secondary N) is 1. The molecule has 0 spiro atoms. The van der Waals surface area contributed by atoms with Crippen LogP contribution in [0.3, 0.4) is 0 Å². The molecule has 18 heavy (non-hydrogen) atoms. The SMILES string of the molecule is CNCCCN(C)CCc1cc(F)ccc1OC. The van der Waals surface area contributed by atoms with E-state index in [1.54, 1.807) is 19.2 Å². The Balaban J connectivity index is 2.44. The summed E-state index contributed by atoms with van der Waals surface area (Å²) in [4.78, 5) is 2.25. The second kappa shape index (κ2) is 8.06. The topological polar surface area (TPSA) is 24.5 Å². The van der Waals surface area contributed by atoms with Gasteiger partial charge in [0.1, 0.15) is 11.6 Å². The third-order valence-electron chi connectivity index (χ3n) is 2.97. The van der Waals surface area contributed by atoms with Gasteiger partial charge in [0.25, 0.3) is 0 Å². The van der Waals surface area contributed by atoms with E-state index in [-0.39, 0.29) is 5.82 Å². The normalized spacial score (nSPS) is 10.9. The van der Waals surface area contributed by atoms with Crippen molar-refractivity contribution in [3.8, 4) is 5.75 Å².